The first kappa shape index (κ1) is 14.1. The molecule has 1 aromatic rings. The van der Waals surface area contributed by atoms with Gasteiger partial charge in [-0.25, -0.2) is 0 Å². The second-order valence-corrected chi connectivity index (χ2v) is 4.82. The topological polar surface area (TPSA) is 72.6 Å². The number of hydrogen-bond acceptors (Lipinski definition) is 3. The predicted molar refractivity (Wildman–Crippen MR) is 75.4 cm³/mol. The highest BCUT2D eigenvalue weighted by Gasteiger charge is 2.19. The number of likely N-dealkylation sites (tertiary alicyclic amines) is 1. The van der Waals surface area contributed by atoms with E-state index in [0.29, 0.717) is 11.3 Å². The summed E-state index contributed by atoms with van der Waals surface area (Å²) < 4.78 is 5.15. The monoisotopic (exact) mass is 274 g/mol. The molecule has 5 heteroatoms. The number of nitrogens with two attached hydrogens (primary N) is 1. The zero-order chi connectivity index (χ0) is 14.5. The normalized spacial score (nSPS) is 15.0. The smallest absolute Gasteiger partial charge is 0.255 e. The van der Waals surface area contributed by atoms with Crippen LogP contribution in [0.3, 0.4) is 0 Å². The molecule has 0 atom stereocenters. The Balaban J connectivity index is 1.96. The molecule has 0 saturated carbocycles. The van der Waals surface area contributed by atoms with Crippen LogP contribution >= 0.6 is 0 Å². The third-order valence-electron chi connectivity index (χ3n) is 3.24. The Hall–Kier alpha value is -2.30. The van der Waals surface area contributed by atoms with Crippen LogP contribution in [0.4, 0.5) is 0 Å². The molecule has 2 N–H and O–H groups in total. The van der Waals surface area contributed by atoms with E-state index < -0.39 is 5.91 Å². The lowest BCUT2D eigenvalue weighted by Crippen LogP contribution is -2.36. The van der Waals surface area contributed by atoms with Gasteiger partial charge in [-0.15, -0.1) is 0 Å². The molecule has 1 aliphatic rings. The van der Waals surface area contributed by atoms with E-state index in [0.717, 1.165) is 25.9 Å². The number of rotatable bonds is 4. The summed E-state index contributed by atoms with van der Waals surface area (Å²) >= 11 is 0. The van der Waals surface area contributed by atoms with Crippen molar-refractivity contribution in [1.29, 1.82) is 0 Å². The van der Waals surface area contributed by atoms with Crippen LogP contribution < -0.4 is 10.5 Å². The minimum atomic E-state index is -0.529. The Morgan fingerprint density at radius 2 is 1.80 bits per heavy atom. The average Bonchev–Trinajstić information content (AvgIpc) is 2.46. The summed E-state index contributed by atoms with van der Waals surface area (Å²) in [4.78, 5) is 24.7. The number of benzene rings is 1. The number of carbonyl (C=O) groups excluding carboxylic acids is 2. The number of piperidine rings is 1. The van der Waals surface area contributed by atoms with Crippen molar-refractivity contribution in [3.8, 4) is 5.75 Å². The Labute approximate surface area is 118 Å². The molecule has 0 spiro atoms. The largest absolute Gasteiger partial charge is 0.484 e. The lowest BCUT2D eigenvalue weighted by molar-refractivity contribution is -0.119. The van der Waals surface area contributed by atoms with Crippen LogP contribution in [0, 0.1) is 0 Å². The van der Waals surface area contributed by atoms with E-state index in [-0.39, 0.29) is 12.5 Å². The maximum Gasteiger partial charge on any atom is 0.255 e. The van der Waals surface area contributed by atoms with Crippen molar-refractivity contribution in [2.75, 3.05) is 19.7 Å². The van der Waals surface area contributed by atoms with Crippen molar-refractivity contribution >= 4 is 11.8 Å². The maximum atomic E-state index is 12.3. The molecule has 0 aromatic heterocycles. The molecule has 1 aromatic carbocycles. The van der Waals surface area contributed by atoms with E-state index in [9.17, 15) is 9.59 Å². The summed E-state index contributed by atoms with van der Waals surface area (Å²) in [6.45, 7) is 5.21. The lowest BCUT2D eigenvalue weighted by Gasteiger charge is -2.28. The molecule has 1 aliphatic heterocycles. The summed E-state index contributed by atoms with van der Waals surface area (Å²) in [7, 11) is 0. The fraction of sp³-hybridized carbons (Fsp3) is 0.333. The highest BCUT2D eigenvalue weighted by atomic mass is 16.5. The molecule has 5 nitrogen and oxygen atoms in total. The zero-order valence-corrected chi connectivity index (χ0v) is 11.3. The SMILES string of the molecule is C=C1CCN(C(=O)c2ccc(OCC(N)=O)cc2)CC1. The molecule has 0 aliphatic carbocycles. The molecule has 1 saturated heterocycles. The van der Waals surface area contributed by atoms with Crippen LogP contribution in [0.5, 0.6) is 5.75 Å². The number of hydrogen-bond donors (Lipinski definition) is 1. The zero-order valence-electron chi connectivity index (χ0n) is 11.3. The van der Waals surface area contributed by atoms with Gasteiger partial charge in [0.05, 0.1) is 0 Å². The molecule has 106 valence electrons. The fourth-order valence-electron chi connectivity index (χ4n) is 2.06. The van der Waals surface area contributed by atoms with Crippen LogP contribution in [0.2, 0.25) is 0 Å². The second-order valence-electron chi connectivity index (χ2n) is 4.82. The number of nitrogens with zero attached hydrogens (tertiary/aromatic N) is 1. The molecule has 0 bridgehead atoms. The average molecular weight is 274 g/mol. The highest BCUT2D eigenvalue weighted by Crippen LogP contribution is 2.18. The number of amides is 2. The molecule has 0 radical (unpaired) electrons. The van der Waals surface area contributed by atoms with Gasteiger partial charge < -0.3 is 15.4 Å². The molecule has 0 unspecified atom stereocenters. The third-order valence-corrected chi connectivity index (χ3v) is 3.24. The summed E-state index contributed by atoms with van der Waals surface area (Å²) in [6.07, 6.45) is 1.73. The molecule has 2 amide bonds. The van der Waals surface area contributed by atoms with Crippen molar-refractivity contribution < 1.29 is 14.3 Å². The van der Waals surface area contributed by atoms with Crippen LogP contribution in [0.1, 0.15) is 23.2 Å². The third kappa shape index (κ3) is 3.60. The van der Waals surface area contributed by atoms with Crippen LogP contribution in [0.25, 0.3) is 0 Å². The standard InChI is InChI=1S/C15H18N2O3/c1-11-6-8-17(9-7-11)15(19)12-2-4-13(5-3-12)20-10-14(16)18/h2-5H,1,6-10H2,(H2,16,18). The Kier molecular flexibility index (Phi) is 4.40. The van der Waals surface area contributed by atoms with Gasteiger partial charge in [0.15, 0.2) is 6.61 Å². The van der Waals surface area contributed by atoms with Gasteiger partial charge in [0.2, 0.25) is 0 Å². The first-order chi connectivity index (χ1) is 9.56. The Morgan fingerprint density at radius 1 is 1.20 bits per heavy atom. The van der Waals surface area contributed by atoms with Crippen molar-refractivity contribution in [3.63, 3.8) is 0 Å². The predicted octanol–water partition coefficient (Wildman–Crippen LogP) is 1.34. The lowest BCUT2D eigenvalue weighted by atomic mass is 10.0. The minimum Gasteiger partial charge on any atom is -0.484 e. The van der Waals surface area contributed by atoms with E-state index in [2.05, 4.69) is 6.58 Å². The second kappa shape index (κ2) is 6.23. The van der Waals surface area contributed by atoms with Crippen molar-refractivity contribution in [3.05, 3.63) is 42.0 Å². The van der Waals surface area contributed by atoms with Crippen molar-refractivity contribution in [2.45, 2.75) is 12.8 Å². The van der Waals surface area contributed by atoms with Gasteiger partial charge in [0.1, 0.15) is 5.75 Å². The first-order valence-electron chi connectivity index (χ1n) is 6.53. The van der Waals surface area contributed by atoms with Crippen molar-refractivity contribution in [2.24, 2.45) is 5.73 Å². The van der Waals surface area contributed by atoms with E-state index in [1.807, 2.05) is 4.90 Å². The summed E-state index contributed by atoms with van der Waals surface area (Å²) in [5, 5.41) is 0. The highest BCUT2D eigenvalue weighted by molar-refractivity contribution is 5.94. The van der Waals surface area contributed by atoms with Gasteiger partial charge in [-0.05, 0) is 37.1 Å². The van der Waals surface area contributed by atoms with Gasteiger partial charge in [0.25, 0.3) is 11.8 Å². The van der Waals surface area contributed by atoms with Crippen molar-refractivity contribution in [1.82, 2.24) is 4.90 Å². The van der Waals surface area contributed by atoms with E-state index in [1.54, 1.807) is 24.3 Å². The van der Waals surface area contributed by atoms with Gasteiger partial charge in [-0.1, -0.05) is 12.2 Å². The molecular weight excluding hydrogens is 256 g/mol. The summed E-state index contributed by atoms with van der Waals surface area (Å²) in [5.74, 6) is 0.00465. The molecule has 1 fully saturated rings. The van der Waals surface area contributed by atoms with Gasteiger partial charge >= 0.3 is 0 Å². The first-order valence-corrected chi connectivity index (χ1v) is 6.53. The van der Waals surface area contributed by atoms with Gasteiger partial charge in [0, 0.05) is 18.7 Å². The van der Waals surface area contributed by atoms with E-state index in [4.69, 9.17) is 10.5 Å². The summed E-state index contributed by atoms with van der Waals surface area (Å²) in [6, 6.07) is 6.72. The molecular formula is C15H18N2O3. The van der Waals surface area contributed by atoms with Crippen LogP contribution in [-0.4, -0.2) is 36.4 Å². The molecule has 20 heavy (non-hydrogen) atoms. The molecule has 1 heterocycles. The Bertz CT molecular complexity index is 512. The number of ether oxygens (including phenoxy) is 1. The molecule has 2 rings (SSSR count). The number of primary amides is 1. The van der Waals surface area contributed by atoms with Gasteiger partial charge in [-0.3, -0.25) is 9.59 Å². The fourth-order valence-corrected chi connectivity index (χ4v) is 2.06. The summed E-state index contributed by atoms with van der Waals surface area (Å²) in [5.41, 5.74) is 6.81. The van der Waals surface area contributed by atoms with E-state index >= 15 is 0 Å². The maximum absolute atomic E-state index is 12.3. The van der Waals surface area contributed by atoms with Crippen LogP contribution in [-0.2, 0) is 4.79 Å². The number of carbonyl (C=O) groups is 2. The minimum absolute atomic E-state index is 0.0129. The quantitative estimate of drug-likeness (QED) is 0.842. The van der Waals surface area contributed by atoms with Crippen LogP contribution in [0.15, 0.2) is 36.4 Å². The van der Waals surface area contributed by atoms with Gasteiger partial charge in [-0.2, -0.15) is 0 Å². The van der Waals surface area contributed by atoms with E-state index in [1.165, 1.54) is 5.57 Å². The Morgan fingerprint density at radius 3 is 2.35 bits per heavy atom.